The standard InChI is InChI=1S/C8H9NO2/c1-3-4-5-11-8(10)7(2)6-9/h4-5H,2-3H2,1H3. The van der Waals surface area contributed by atoms with E-state index < -0.39 is 5.97 Å². The summed E-state index contributed by atoms with van der Waals surface area (Å²) in [6, 6.07) is 1.59. The third-order valence-electron chi connectivity index (χ3n) is 0.888. The molecule has 0 saturated heterocycles. The third kappa shape index (κ3) is 3.93. The molecule has 0 fully saturated rings. The van der Waals surface area contributed by atoms with Crippen molar-refractivity contribution in [1.29, 1.82) is 5.26 Å². The van der Waals surface area contributed by atoms with Gasteiger partial charge in [0.1, 0.15) is 11.6 Å². The van der Waals surface area contributed by atoms with Crippen LogP contribution in [-0.4, -0.2) is 5.97 Å². The molecule has 0 radical (unpaired) electrons. The van der Waals surface area contributed by atoms with Gasteiger partial charge in [0.05, 0.1) is 6.26 Å². The predicted octanol–water partition coefficient (Wildman–Crippen LogP) is 1.53. The van der Waals surface area contributed by atoms with Crippen LogP contribution < -0.4 is 0 Å². The van der Waals surface area contributed by atoms with E-state index in [1.54, 1.807) is 12.1 Å². The molecule has 3 nitrogen and oxygen atoms in total. The number of hydrogen-bond donors (Lipinski definition) is 0. The van der Waals surface area contributed by atoms with Crippen LogP contribution in [0.1, 0.15) is 13.3 Å². The Bertz CT molecular complexity index is 223. The molecule has 0 aromatic heterocycles. The molecule has 0 aromatic carbocycles. The Morgan fingerprint density at radius 1 is 1.82 bits per heavy atom. The fourth-order valence-corrected chi connectivity index (χ4v) is 0.323. The highest BCUT2D eigenvalue weighted by Gasteiger charge is 2.03. The number of hydrogen-bond acceptors (Lipinski definition) is 3. The second kappa shape index (κ2) is 5.24. The van der Waals surface area contributed by atoms with Crippen LogP contribution in [0, 0.1) is 11.3 Å². The van der Waals surface area contributed by atoms with Crippen molar-refractivity contribution in [3.8, 4) is 6.07 Å². The Balaban J connectivity index is 3.82. The summed E-state index contributed by atoms with van der Waals surface area (Å²) in [4.78, 5) is 10.7. The van der Waals surface area contributed by atoms with E-state index in [-0.39, 0.29) is 5.57 Å². The van der Waals surface area contributed by atoms with Crippen molar-refractivity contribution < 1.29 is 9.53 Å². The molecule has 0 unspecified atom stereocenters. The molecule has 0 rings (SSSR count). The highest BCUT2D eigenvalue weighted by atomic mass is 16.5. The number of carbonyl (C=O) groups is 1. The Kier molecular flexibility index (Phi) is 4.50. The lowest BCUT2D eigenvalue weighted by Gasteiger charge is -1.92. The fourth-order valence-electron chi connectivity index (χ4n) is 0.323. The van der Waals surface area contributed by atoms with E-state index in [0.29, 0.717) is 0 Å². The second-order valence-corrected chi connectivity index (χ2v) is 1.78. The molecule has 0 N–H and O–H groups in total. The summed E-state index contributed by atoms with van der Waals surface area (Å²) in [5.41, 5.74) is -0.189. The van der Waals surface area contributed by atoms with E-state index in [9.17, 15) is 4.79 Å². The second-order valence-electron chi connectivity index (χ2n) is 1.78. The number of allylic oxidation sites excluding steroid dienone is 1. The summed E-state index contributed by atoms with van der Waals surface area (Å²) in [5.74, 6) is -0.697. The van der Waals surface area contributed by atoms with Crippen LogP contribution >= 0.6 is 0 Å². The van der Waals surface area contributed by atoms with Crippen molar-refractivity contribution in [3.05, 3.63) is 24.5 Å². The Morgan fingerprint density at radius 2 is 2.45 bits per heavy atom. The van der Waals surface area contributed by atoms with Crippen molar-refractivity contribution in [3.63, 3.8) is 0 Å². The first-order valence-electron chi connectivity index (χ1n) is 3.17. The molecule has 58 valence electrons. The van der Waals surface area contributed by atoms with Crippen molar-refractivity contribution >= 4 is 5.97 Å². The zero-order valence-electron chi connectivity index (χ0n) is 6.33. The Labute approximate surface area is 65.6 Å². The summed E-state index contributed by atoms with van der Waals surface area (Å²) >= 11 is 0. The SMILES string of the molecule is C=C(C#N)C(=O)OC=CCC. The van der Waals surface area contributed by atoms with Gasteiger partial charge in [-0.05, 0) is 12.5 Å². The van der Waals surface area contributed by atoms with Crippen LogP contribution in [-0.2, 0) is 9.53 Å². The van der Waals surface area contributed by atoms with E-state index in [4.69, 9.17) is 5.26 Å². The van der Waals surface area contributed by atoms with E-state index in [1.165, 1.54) is 6.26 Å². The van der Waals surface area contributed by atoms with E-state index >= 15 is 0 Å². The lowest BCUT2D eigenvalue weighted by Crippen LogP contribution is -2.00. The third-order valence-corrected chi connectivity index (χ3v) is 0.888. The van der Waals surface area contributed by atoms with E-state index in [2.05, 4.69) is 11.3 Å². The molecule has 0 aromatic rings. The van der Waals surface area contributed by atoms with E-state index in [0.717, 1.165) is 6.42 Å². The van der Waals surface area contributed by atoms with Crippen molar-refractivity contribution in [1.82, 2.24) is 0 Å². The Morgan fingerprint density at radius 3 is 2.91 bits per heavy atom. The van der Waals surface area contributed by atoms with Gasteiger partial charge in [0.15, 0.2) is 0 Å². The lowest BCUT2D eigenvalue weighted by molar-refractivity contribution is -0.133. The summed E-state index contributed by atoms with van der Waals surface area (Å²) in [6.07, 6.45) is 3.71. The van der Waals surface area contributed by atoms with Crippen LogP contribution in [0.5, 0.6) is 0 Å². The first-order chi connectivity index (χ1) is 5.22. The van der Waals surface area contributed by atoms with Crippen LogP contribution in [0.15, 0.2) is 24.5 Å². The first kappa shape index (κ1) is 9.44. The topological polar surface area (TPSA) is 50.1 Å². The average molecular weight is 151 g/mol. The maximum Gasteiger partial charge on any atom is 0.353 e. The van der Waals surface area contributed by atoms with Crippen molar-refractivity contribution in [2.24, 2.45) is 0 Å². The lowest BCUT2D eigenvalue weighted by atomic mass is 10.3. The molecule has 0 spiro atoms. The maximum atomic E-state index is 10.7. The van der Waals surface area contributed by atoms with Gasteiger partial charge in [-0.2, -0.15) is 5.26 Å². The molecular formula is C8H9NO2. The van der Waals surface area contributed by atoms with E-state index in [1.807, 2.05) is 6.92 Å². The molecule has 0 aliphatic carbocycles. The number of rotatable bonds is 3. The van der Waals surface area contributed by atoms with Gasteiger partial charge in [0, 0.05) is 0 Å². The predicted molar refractivity (Wildman–Crippen MR) is 40.3 cm³/mol. The highest BCUT2D eigenvalue weighted by Crippen LogP contribution is 1.92. The molecular weight excluding hydrogens is 142 g/mol. The van der Waals surface area contributed by atoms with Gasteiger partial charge < -0.3 is 4.74 Å². The van der Waals surface area contributed by atoms with Crippen LogP contribution in [0.3, 0.4) is 0 Å². The molecule has 0 atom stereocenters. The summed E-state index contributed by atoms with van der Waals surface area (Å²) in [5, 5.41) is 8.19. The molecule has 0 heterocycles. The van der Waals surface area contributed by atoms with Gasteiger partial charge >= 0.3 is 5.97 Å². The summed E-state index contributed by atoms with van der Waals surface area (Å²) < 4.78 is 4.49. The molecule has 3 heteroatoms. The molecule has 11 heavy (non-hydrogen) atoms. The number of nitriles is 1. The summed E-state index contributed by atoms with van der Waals surface area (Å²) in [7, 11) is 0. The number of carbonyl (C=O) groups excluding carboxylic acids is 1. The van der Waals surface area contributed by atoms with Gasteiger partial charge in [0.2, 0.25) is 0 Å². The van der Waals surface area contributed by atoms with Crippen LogP contribution in [0.4, 0.5) is 0 Å². The van der Waals surface area contributed by atoms with Crippen LogP contribution in [0.25, 0.3) is 0 Å². The monoisotopic (exact) mass is 151 g/mol. The molecule has 0 bridgehead atoms. The molecule has 0 saturated carbocycles. The number of esters is 1. The largest absolute Gasteiger partial charge is 0.431 e. The molecule has 0 amide bonds. The van der Waals surface area contributed by atoms with Crippen molar-refractivity contribution in [2.45, 2.75) is 13.3 Å². The van der Waals surface area contributed by atoms with Gasteiger partial charge in [-0.25, -0.2) is 4.79 Å². The van der Waals surface area contributed by atoms with Crippen LogP contribution in [0.2, 0.25) is 0 Å². The number of ether oxygens (including phenoxy) is 1. The van der Waals surface area contributed by atoms with Gasteiger partial charge in [-0.1, -0.05) is 13.5 Å². The zero-order valence-corrected chi connectivity index (χ0v) is 6.33. The molecule has 0 aliphatic rings. The van der Waals surface area contributed by atoms with Gasteiger partial charge in [0.25, 0.3) is 0 Å². The number of nitrogens with zero attached hydrogens (tertiary/aromatic N) is 1. The fraction of sp³-hybridized carbons (Fsp3) is 0.250. The minimum atomic E-state index is -0.697. The first-order valence-corrected chi connectivity index (χ1v) is 3.17. The highest BCUT2D eigenvalue weighted by molar-refractivity contribution is 5.92. The maximum absolute atomic E-state index is 10.7. The molecule has 0 aliphatic heterocycles. The quantitative estimate of drug-likeness (QED) is 0.266. The smallest absolute Gasteiger partial charge is 0.353 e. The minimum absolute atomic E-state index is 0.189. The van der Waals surface area contributed by atoms with Gasteiger partial charge in [-0.3, -0.25) is 0 Å². The average Bonchev–Trinajstić information content (AvgIpc) is 2.03. The minimum Gasteiger partial charge on any atom is -0.431 e. The summed E-state index contributed by atoms with van der Waals surface area (Å²) in [6.45, 7) is 5.09. The normalized spacial score (nSPS) is 9.09. The zero-order chi connectivity index (χ0) is 8.69. The van der Waals surface area contributed by atoms with Crippen molar-refractivity contribution in [2.75, 3.05) is 0 Å². The Hall–Kier alpha value is -1.56. The van der Waals surface area contributed by atoms with Gasteiger partial charge in [-0.15, -0.1) is 0 Å².